The van der Waals surface area contributed by atoms with E-state index in [9.17, 15) is 14.7 Å². The lowest BCUT2D eigenvalue weighted by Crippen LogP contribution is -2.43. The van der Waals surface area contributed by atoms with Crippen molar-refractivity contribution in [3.05, 3.63) is 63.0 Å². The quantitative estimate of drug-likeness (QED) is 0.238. The van der Waals surface area contributed by atoms with E-state index in [0.717, 1.165) is 31.5 Å². The molecule has 2 aromatic heterocycles. The van der Waals surface area contributed by atoms with Gasteiger partial charge in [-0.15, -0.1) is 0 Å². The highest BCUT2D eigenvalue weighted by molar-refractivity contribution is 6.32. The first-order valence-electron chi connectivity index (χ1n) is 14.2. The van der Waals surface area contributed by atoms with Gasteiger partial charge in [-0.1, -0.05) is 11.6 Å². The molecular formula is C30H31ClN6O6. The number of anilines is 1. The van der Waals surface area contributed by atoms with Crippen molar-refractivity contribution in [2.45, 2.75) is 31.5 Å². The van der Waals surface area contributed by atoms with E-state index in [2.05, 4.69) is 27.2 Å². The van der Waals surface area contributed by atoms with Gasteiger partial charge in [0.15, 0.2) is 11.5 Å². The first kappa shape index (κ1) is 27.6. The third kappa shape index (κ3) is 5.26. The summed E-state index contributed by atoms with van der Waals surface area (Å²) in [6.07, 6.45) is 2.54. The number of H-pyrrole nitrogens is 2. The molecule has 1 atom stereocenters. The Hall–Kier alpha value is -4.26. The van der Waals surface area contributed by atoms with Gasteiger partial charge in [0, 0.05) is 43.0 Å². The molecular weight excluding hydrogens is 576 g/mol. The van der Waals surface area contributed by atoms with Crippen LogP contribution >= 0.6 is 11.6 Å². The molecule has 0 spiro atoms. The van der Waals surface area contributed by atoms with E-state index in [4.69, 9.17) is 30.8 Å². The molecule has 5 heterocycles. The lowest BCUT2D eigenvalue weighted by Gasteiger charge is -2.34. The molecule has 0 bridgehead atoms. The van der Waals surface area contributed by atoms with Crippen LogP contribution < -0.4 is 25.1 Å². The van der Waals surface area contributed by atoms with E-state index in [0.29, 0.717) is 62.5 Å². The number of hydrogen-bond donors (Lipinski definition) is 4. The Morgan fingerprint density at radius 1 is 1.19 bits per heavy atom. The summed E-state index contributed by atoms with van der Waals surface area (Å²) >= 11 is 6.26. The molecule has 4 aromatic rings. The average Bonchev–Trinajstić information content (AvgIpc) is 3.70. The van der Waals surface area contributed by atoms with Crippen LogP contribution in [0.3, 0.4) is 0 Å². The summed E-state index contributed by atoms with van der Waals surface area (Å²) in [5.74, 6) is 1.83. The zero-order chi connectivity index (χ0) is 29.7. The number of hydrogen-bond acceptors (Lipinski definition) is 9. The Kier molecular flexibility index (Phi) is 7.12. The fraction of sp³-hybridized carbons (Fsp3) is 0.367. The monoisotopic (exact) mass is 606 g/mol. The van der Waals surface area contributed by atoms with Crippen LogP contribution in [0.2, 0.25) is 5.02 Å². The van der Waals surface area contributed by atoms with Gasteiger partial charge in [-0.25, -0.2) is 4.98 Å². The predicted octanol–water partition coefficient (Wildman–Crippen LogP) is 3.20. The summed E-state index contributed by atoms with van der Waals surface area (Å²) in [5.41, 5.74) is 3.41. The number of nitrogens with zero attached hydrogens (tertiary/aromatic N) is 3. The molecule has 4 N–H and O–H groups in total. The van der Waals surface area contributed by atoms with Crippen molar-refractivity contribution in [2.24, 2.45) is 0 Å². The maximum atomic E-state index is 13.3. The number of aromatic nitrogens is 3. The van der Waals surface area contributed by atoms with Crippen molar-refractivity contribution in [2.75, 3.05) is 45.4 Å². The molecule has 0 radical (unpaired) electrons. The van der Waals surface area contributed by atoms with E-state index in [1.54, 1.807) is 18.2 Å². The van der Waals surface area contributed by atoms with Crippen molar-refractivity contribution < 1.29 is 24.1 Å². The molecule has 7 rings (SSSR count). The molecule has 3 aliphatic rings. The molecule has 1 saturated heterocycles. The van der Waals surface area contributed by atoms with E-state index in [1.165, 1.54) is 6.20 Å². The van der Waals surface area contributed by atoms with Gasteiger partial charge in [-0.2, -0.15) is 0 Å². The van der Waals surface area contributed by atoms with Crippen LogP contribution in [0.4, 0.5) is 5.69 Å². The number of likely N-dealkylation sites (tertiary alicyclic amines) is 1. The van der Waals surface area contributed by atoms with Gasteiger partial charge in [0.05, 0.1) is 21.7 Å². The zero-order valence-corrected chi connectivity index (χ0v) is 24.2. The minimum atomic E-state index is -0.925. The highest BCUT2D eigenvalue weighted by atomic mass is 35.5. The topological polar surface area (TPSA) is 145 Å². The first-order valence-corrected chi connectivity index (χ1v) is 14.6. The van der Waals surface area contributed by atoms with Crippen molar-refractivity contribution in [3.63, 3.8) is 0 Å². The standard InChI is InChI=1S/C30H31ClN6O6/c1-36-6-3-17(4-7-36)37-13-16-8-22-23(9-19(16)30(37)40)35-28(34-22)27-21(2-5-32-29(27)39)33-12-18(38)14-41-24-11-26-25(10-20(24)31)42-15-43-26/h2,5,8-11,17-18,38H,3-4,6-7,12-15H2,1H3,(H,34,35)(H2,32,33,39)/t18-/m1/s1. The highest BCUT2D eigenvalue weighted by Crippen LogP contribution is 2.40. The lowest BCUT2D eigenvalue weighted by molar-refractivity contribution is 0.0617. The maximum absolute atomic E-state index is 13.3. The van der Waals surface area contributed by atoms with Gasteiger partial charge in [0.2, 0.25) is 6.79 Å². The predicted molar refractivity (Wildman–Crippen MR) is 160 cm³/mol. The third-order valence-corrected chi connectivity index (χ3v) is 8.55. The number of aliphatic hydroxyl groups is 1. The second-order valence-electron chi connectivity index (χ2n) is 11.2. The fourth-order valence-electron chi connectivity index (χ4n) is 5.90. The van der Waals surface area contributed by atoms with E-state index in [1.807, 2.05) is 17.0 Å². The SMILES string of the molecule is CN1CCC(N2Cc3cc4nc(-c5c(NC[C@@H](O)COc6cc7c(cc6Cl)OCO7)cc[nH]c5=O)[nH]c4cc3C2=O)CC1. The van der Waals surface area contributed by atoms with Crippen LogP contribution in [0, 0.1) is 0 Å². The molecule has 1 amide bonds. The normalized spacial score (nSPS) is 17.5. The number of piperidine rings is 1. The molecule has 43 heavy (non-hydrogen) atoms. The van der Waals surface area contributed by atoms with Crippen LogP contribution in [0.15, 0.2) is 41.3 Å². The summed E-state index contributed by atoms with van der Waals surface area (Å²) in [6.45, 7) is 2.69. The Balaban J connectivity index is 1.06. The lowest BCUT2D eigenvalue weighted by atomic mass is 10.0. The van der Waals surface area contributed by atoms with Crippen molar-refractivity contribution in [1.29, 1.82) is 0 Å². The highest BCUT2D eigenvalue weighted by Gasteiger charge is 2.34. The smallest absolute Gasteiger partial charge is 0.261 e. The number of imidazole rings is 1. The molecule has 0 unspecified atom stereocenters. The number of halogens is 1. The van der Waals surface area contributed by atoms with Gasteiger partial charge in [0.1, 0.15) is 29.8 Å². The molecule has 0 aliphatic carbocycles. The molecule has 224 valence electrons. The van der Waals surface area contributed by atoms with Gasteiger partial charge in [-0.05, 0) is 56.7 Å². The number of rotatable bonds is 8. The molecule has 0 saturated carbocycles. The fourth-order valence-corrected chi connectivity index (χ4v) is 6.11. The second kappa shape index (κ2) is 11.1. The summed E-state index contributed by atoms with van der Waals surface area (Å²) in [7, 11) is 2.11. The van der Waals surface area contributed by atoms with Gasteiger partial charge < -0.3 is 44.4 Å². The molecule has 3 aliphatic heterocycles. The van der Waals surface area contributed by atoms with E-state index < -0.39 is 6.10 Å². The number of aromatic amines is 2. The molecule has 12 nitrogen and oxygen atoms in total. The van der Waals surface area contributed by atoms with Crippen LogP contribution in [0.25, 0.3) is 22.4 Å². The number of ether oxygens (including phenoxy) is 3. The van der Waals surface area contributed by atoms with Crippen molar-refractivity contribution in [1.82, 2.24) is 24.8 Å². The number of carbonyl (C=O) groups is 1. The average molecular weight is 607 g/mol. The zero-order valence-electron chi connectivity index (χ0n) is 23.5. The summed E-state index contributed by atoms with van der Waals surface area (Å²) in [4.78, 5) is 41.2. The number of benzene rings is 2. The van der Waals surface area contributed by atoms with Gasteiger partial charge in [-0.3, -0.25) is 9.59 Å². The first-order chi connectivity index (χ1) is 20.8. The number of amides is 1. The number of pyridine rings is 1. The van der Waals surface area contributed by atoms with Crippen LogP contribution in [0.5, 0.6) is 17.2 Å². The second-order valence-corrected chi connectivity index (χ2v) is 11.6. The van der Waals surface area contributed by atoms with Crippen molar-refractivity contribution in [3.8, 4) is 28.6 Å². The van der Waals surface area contributed by atoms with E-state index in [-0.39, 0.29) is 37.5 Å². The Labute approximate surface area is 251 Å². The summed E-state index contributed by atoms with van der Waals surface area (Å²) in [6, 6.07) is 8.95. The largest absolute Gasteiger partial charge is 0.489 e. The minimum Gasteiger partial charge on any atom is -0.489 e. The van der Waals surface area contributed by atoms with Crippen LogP contribution in [-0.2, 0) is 6.54 Å². The van der Waals surface area contributed by atoms with E-state index >= 15 is 0 Å². The Morgan fingerprint density at radius 2 is 1.98 bits per heavy atom. The van der Waals surface area contributed by atoms with Crippen molar-refractivity contribution >= 4 is 34.2 Å². The Bertz CT molecular complexity index is 1760. The van der Waals surface area contributed by atoms with Crippen LogP contribution in [-0.4, -0.2) is 88.0 Å². The molecule has 1 fully saturated rings. The summed E-state index contributed by atoms with van der Waals surface area (Å²) in [5, 5.41) is 14.1. The summed E-state index contributed by atoms with van der Waals surface area (Å²) < 4.78 is 16.4. The van der Waals surface area contributed by atoms with Crippen LogP contribution in [0.1, 0.15) is 28.8 Å². The molecule has 13 heteroatoms. The number of fused-ring (bicyclic) bond motifs is 3. The van der Waals surface area contributed by atoms with Gasteiger partial charge >= 0.3 is 0 Å². The number of nitrogens with one attached hydrogen (secondary N) is 3. The molecule has 2 aromatic carbocycles. The van der Waals surface area contributed by atoms with Gasteiger partial charge in [0.25, 0.3) is 11.5 Å². The Morgan fingerprint density at radius 3 is 2.79 bits per heavy atom. The minimum absolute atomic E-state index is 0.0424. The maximum Gasteiger partial charge on any atom is 0.261 e. The number of carbonyl (C=O) groups excluding carboxylic acids is 1. The number of aliphatic hydroxyl groups excluding tert-OH is 1. The third-order valence-electron chi connectivity index (χ3n) is 8.25.